The number of rotatable bonds is 2. The first kappa shape index (κ1) is 22.8. The van der Waals surface area contributed by atoms with E-state index in [2.05, 4.69) is 0 Å². The van der Waals surface area contributed by atoms with Gasteiger partial charge in [-0.2, -0.15) is 0 Å². The van der Waals surface area contributed by atoms with Crippen molar-refractivity contribution in [1.82, 2.24) is 4.90 Å². The van der Waals surface area contributed by atoms with Crippen LogP contribution in [0.15, 0.2) is 29.0 Å². The Hall–Kier alpha value is -3.41. The number of phenols is 1. The Kier molecular flexibility index (Phi) is 4.86. The molecule has 0 bridgehead atoms. The molecule has 6 atom stereocenters. The fourth-order valence-corrected chi connectivity index (χ4v) is 5.73. The summed E-state index contributed by atoms with van der Waals surface area (Å²) in [6.07, 6.45) is -1.65. The van der Waals surface area contributed by atoms with Gasteiger partial charge in [-0.25, -0.2) is 0 Å². The number of nitrogens with zero attached hydrogens (tertiary/aromatic N) is 1. The second kappa shape index (κ2) is 7.04. The van der Waals surface area contributed by atoms with Crippen molar-refractivity contribution >= 4 is 28.9 Å². The van der Waals surface area contributed by atoms with E-state index >= 15 is 0 Å². The van der Waals surface area contributed by atoms with Gasteiger partial charge in [-0.1, -0.05) is 6.92 Å². The maximum absolute atomic E-state index is 13.7. The summed E-state index contributed by atoms with van der Waals surface area (Å²) in [7, 11) is 2.89. The topological polar surface area (TPSA) is 208 Å². The molecule has 3 aliphatic carbocycles. The Morgan fingerprint density at radius 3 is 2.30 bits per heavy atom. The molecule has 0 heterocycles. The van der Waals surface area contributed by atoms with Crippen molar-refractivity contribution in [3.05, 3.63) is 40.2 Å². The Morgan fingerprint density at radius 2 is 1.76 bits per heavy atom. The number of nitrogens with two attached hydrogens (primary N) is 2. The van der Waals surface area contributed by atoms with E-state index in [1.165, 1.54) is 31.1 Å². The number of aliphatic hydroxyl groups is 4. The summed E-state index contributed by atoms with van der Waals surface area (Å²) >= 11 is 0. The highest BCUT2D eigenvalue weighted by molar-refractivity contribution is 6.24. The number of anilines is 1. The molecule has 11 nitrogen and oxygen atoms in total. The minimum atomic E-state index is -2.93. The van der Waals surface area contributed by atoms with Crippen LogP contribution in [0, 0.1) is 11.8 Å². The van der Waals surface area contributed by atoms with Crippen LogP contribution in [0.3, 0.4) is 0 Å². The first-order chi connectivity index (χ1) is 15.3. The Balaban J connectivity index is 2.08. The number of benzene rings is 1. The van der Waals surface area contributed by atoms with Crippen LogP contribution >= 0.6 is 0 Å². The minimum Gasteiger partial charge on any atom is -0.508 e. The summed E-state index contributed by atoms with van der Waals surface area (Å²) in [5.41, 5.74) is 7.35. The lowest BCUT2D eigenvalue weighted by Crippen LogP contribution is -2.70. The zero-order chi connectivity index (χ0) is 24.7. The largest absolute Gasteiger partial charge is 0.508 e. The number of hydrogen-bond donors (Lipinski definition) is 7. The Bertz CT molecular complexity index is 1190. The quantitative estimate of drug-likeness (QED) is 0.164. The van der Waals surface area contributed by atoms with Gasteiger partial charge >= 0.3 is 0 Å². The van der Waals surface area contributed by atoms with Gasteiger partial charge in [0.2, 0.25) is 5.78 Å². The third-order valence-corrected chi connectivity index (χ3v) is 7.14. The van der Waals surface area contributed by atoms with Crippen molar-refractivity contribution < 1.29 is 39.9 Å². The van der Waals surface area contributed by atoms with Gasteiger partial charge in [-0.15, -0.1) is 0 Å². The number of carbonyl (C=O) groups is 3. The lowest BCUT2D eigenvalue weighted by atomic mass is 9.54. The monoisotopic (exact) mass is 459 g/mol. The van der Waals surface area contributed by atoms with Crippen LogP contribution in [0.4, 0.5) is 5.69 Å². The lowest BCUT2D eigenvalue weighted by Gasteiger charge is -2.53. The summed E-state index contributed by atoms with van der Waals surface area (Å²) in [4.78, 5) is 40.0. The molecule has 3 aliphatic rings. The van der Waals surface area contributed by atoms with Crippen molar-refractivity contribution in [2.75, 3.05) is 19.8 Å². The number of Topliss-reactive ketones (excluding diaryl/α,β-unsaturated/α-hetero) is 2. The molecule has 0 unspecified atom stereocenters. The second-order valence-electron chi connectivity index (χ2n) is 9.01. The zero-order valence-electron chi connectivity index (χ0n) is 18.1. The van der Waals surface area contributed by atoms with Crippen LogP contribution in [-0.4, -0.2) is 79.7 Å². The van der Waals surface area contributed by atoms with E-state index in [9.17, 15) is 39.9 Å². The predicted octanol–water partition coefficient (Wildman–Crippen LogP) is -0.922. The molecule has 1 aromatic rings. The number of aromatic hydroxyl groups is 1. The fraction of sp³-hybridized carbons (Fsp3) is 0.409. The SMILES string of the molecule is C[C@@H]1c2c(N)ccc(O)c2C(O)=C2C(=O)[C@@]3(O)C(O)=C(C(N)=O)C(=O)[C@H](N(C)C)[C@H]3[C@H](O)[C@H]21. The molecule has 1 saturated carbocycles. The van der Waals surface area contributed by atoms with Crippen LogP contribution in [0.1, 0.15) is 24.0 Å². The summed E-state index contributed by atoms with van der Waals surface area (Å²) in [6, 6.07) is 1.24. The van der Waals surface area contributed by atoms with E-state index in [1.807, 2.05) is 0 Å². The van der Waals surface area contributed by atoms with Crippen LogP contribution in [0.25, 0.3) is 5.76 Å². The number of phenolic OH excluding ortho intramolecular Hbond substituents is 1. The molecule has 0 aromatic heterocycles. The van der Waals surface area contributed by atoms with Gasteiger partial charge < -0.3 is 37.0 Å². The summed E-state index contributed by atoms with van der Waals surface area (Å²) in [5.74, 6) is -9.37. The molecule has 0 spiro atoms. The Morgan fingerprint density at radius 1 is 1.15 bits per heavy atom. The van der Waals surface area contributed by atoms with E-state index in [4.69, 9.17) is 11.5 Å². The molecule has 11 heteroatoms. The normalized spacial score (nSPS) is 33.7. The van der Waals surface area contributed by atoms with Crippen LogP contribution in [0.5, 0.6) is 5.75 Å². The number of likely N-dealkylation sites (N-methyl/N-ethyl adjacent to an activating group) is 1. The van der Waals surface area contributed by atoms with Crippen molar-refractivity contribution in [3.63, 3.8) is 0 Å². The average Bonchev–Trinajstić information content (AvgIpc) is 2.72. The maximum atomic E-state index is 13.7. The number of ketones is 2. The van der Waals surface area contributed by atoms with Gasteiger partial charge in [0.1, 0.15) is 22.8 Å². The van der Waals surface area contributed by atoms with Gasteiger partial charge in [-0.05, 0) is 37.7 Å². The highest BCUT2D eigenvalue weighted by atomic mass is 16.4. The number of amides is 1. The molecular weight excluding hydrogens is 434 g/mol. The van der Waals surface area contributed by atoms with Gasteiger partial charge in [0.05, 0.1) is 23.6 Å². The van der Waals surface area contributed by atoms with Crippen molar-refractivity contribution in [2.24, 2.45) is 17.6 Å². The molecule has 1 fully saturated rings. The van der Waals surface area contributed by atoms with Crippen LogP contribution in [0.2, 0.25) is 0 Å². The minimum absolute atomic E-state index is 0.133. The van der Waals surface area contributed by atoms with E-state index in [0.29, 0.717) is 5.56 Å². The standard InChI is InChI=1S/C22H25N3O8/c1-6-9-7(23)4-5-8(26)11(9)16(27)12-10(6)17(28)14-15(25(2)3)18(29)13(21(24)32)20(31)22(14,33)19(12)30/h4-6,10,14-15,17,26-28,31,33H,23H2,1-3H3,(H2,24,32)/t6-,10+,14+,15-,17-,22-/m1/s1. The van der Waals surface area contributed by atoms with E-state index in [0.717, 1.165) is 0 Å². The van der Waals surface area contributed by atoms with Gasteiger partial charge in [0.15, 0.2) is 11.4 Å². The number of fused-ring (bicyclic) bond motifs is 3. The average molecular weight is 459 g/mol. The molecule has 9 N–H and O–H groups in total. The lowest BCUT2D eigenvalue weighted by molar-refractivity contribution is -0.169. The van der Waals surface area contributed by atoms with Crippen molar-refractivity contribution in [3.8, 4) is 5.75 Å². The number of hydrogen-bond acceptors (Lipinski definition) is 10. The molecule has 0 aliphatic heterocycles. The predicted molar refractivity (Wildman–Crippen MR) is 115 cm³/mol. The van der Waals surface area contributed by atoms with Crippen LogP contribution in [-0.2, 0) is 14.4 Å². The second-order valence-corrected chi connectivity index (χ2v) is 9.01. The van der Waals surface area contributed by atoms with Gasteiger partial charge in [0.25, 0.3) is 5.91 Å². The smallest absolute Gasteiger partial charge is 0.255 e. The maximum Gasteiger partial charge on any atom is 0.255 e. The number of carbonyl (C=O) groups excluding carboxylic acids is 3. The van der Waals surface area contributed by atoms with Gasteiger partial charge in [-0.3, -0.25) is 19.3 Å². The first-order valence-electron chi connectivity index (χ1n) is 10.2. The van der Waals surface area contributed by atoms with Crippen LogP contribution < -0.4 is 11.5 Å². The first-order valence-corrected chi connectivity index (χ1v) is 10.2. The molecular formula is C22H25N3O8. The molecule has 4 rings (SSSR count). The van der Waals surface area contributed by atoms with Crippen molar-refractivity contribution in [2.45, 2.75) is 30.6 Å². The van der Waals surface area contributed by atoms with Crippen molar-refractivity contribution in [1.29, 1.82) is 0 Å². The summed E-state index contributed by atoms with van der Waals surface area (Å²) in [6.45, 7) is 1.62. The third kappa shape index (κ3) is 2.63. The molecule has 0 saturated heterocycles. The molecule has 1 aromatic carbocycles. The van der Waals surface area contributed by atoms with Gasteiger partial charge in [0, 0.05) is 17.2 Å². The highest BCUT2D eigenvalue weighted by Gasteiger charge is 2.68. The molecule has 176 valence electrons. The molecule has 33 heavy (non-hydrogen) atoms. The number of aliphatic hydroxyl groups excluding tert-OH is 3. The number of primary amides is 1. The van der Waals surface area contributed by atoms with E-state index in [-0.39, 0.29) is 17.0 Å². The third-order valence-electron chi connectivity index (χ3n) is 7.14. The highest BCUT2D eigenvalue weighted by Crippen LogP contribution is 2.56. The summed E-state index contributed by atoms with van der Waals surface area (Å²) in [5, 5.41) is 55.1. The molecule has 1 amide bonds. The molecule has 0 radical (unpaired) electrons. The summed E-state index contributed by atoms with van der Waals surface area (Å²) < 4.78 is 0. The van der Waals surface area contributed by atoms with E-state index < -0.39 is 75.6 Å². The number of nitrogen functional groups attached to an aromatic ring is 1. The Labute approximate surface area is 188 Å². The zero-order valence-corrected chi connectivity index (χ0v) is 18.1. The fourth-order valence-electron chi connectivity index (χ4n) is 5.73. The van der Waals surface area contributed by atoms with E-state index in [1.54, 1.807) is 6.92 Å².